The van der Waals surface area contributed by atoms with Crippen molar-refractivity contribution in [1.29, 1.82) is 0 Å². The minimum Gasteiger partial charge on any atom is -0.476 e. The van der Waals surface area contributed by atoms with Crippen molar-refractivity contribution >= 4 is 47.2 Å². The number of carbonyl (C=O) groups is 4. The Balaban J connectivity index is 0.000000224. The molecule has 0 saturated heterocycles. The van der Waals surface area contributed by atoms with Gasteiger partial charge in [-0.1, -0.05) is 0 Å². The minimum atomic E-state index is -1.10. The second-order valence-electron chi connectivity index (χ2n) is 3.42. The van der Waals surface area contributed by atoms with Gasteiger partial charge in [0.25, 0.3) is 0 Å². The molecule has 10 heteroatoms. The molecule has 2 aromatic rings. The van der Waals surface area contributed by atoms with E-state index in [1.807, 2.05) is 0 Å². The van der Waals surface area contributed by atoms with E-state index < -0.39 is 11.9 Å². The Bertz CT molecular complexity index is 679. The van der Waals surface area contributed by atoms with Gasteiger partial charge in [0.1, 0.15) is 11.4 Å². The topological polar surface area (TPSA) is 124 Å². The fraction of sp³-hybridized carbons (Fsp3) is 0.167. The molecule has 8 nitrogen and oxygen atoms in total. The summed E-state index contributed by atoms with van der Waals surface area (Å²) in [6, 6.07) is 0. The van der Waals surface area contributed by atoms with Crippen LogP contribution in [-0.2, 0) is 4.74 Å². The molecule has 2 heterocycles. The maximum Gasteiger partial charge on any atom is 0.367 e. The SMILES string of the molecule is CCOC(=O)c1nc(C=O)cs1.O=Cc1csc(C(=O)O)n1. The summed E-state index contributed by atoms with van der Waals surface area (Å²) in [7, 11) is 0. The molecule has 0 atom stereocenters. The van der Waals surface area contributed by atoms with E-state index in [4.69, 9.17) is 5.11 Å². The first-order chi connectivity index (χ1) is 10.5. The highest BCUT2D eigenvalue weighted by Gasteiger charge is 2.10. The predicted molar refractivity (Wildman–Crippen MR) is 77.9 cm³/mol. The van der Waals surface area contributed by atoms with Gasteiger partial charge in [-0.05, 0) is 6.92 Å². The molecule has 0 bridgehead atoms. The van der Waals surface area contributed by atoms with Crippen LogP contribution < -0.4 is 0 Å². The van der Waals surface area contributed by atoms with Crippen LogP contribution in [0.5, 0.6) is 0 Å². The Morgan fingerprint density at radius 2 is 1.64 bits per heavy atom. The highest BCUT2D eigenvalue weighted by molar-refractivity contribution is 7.12. The van der Waals surface area contributed by atoms with Gasteiger partial charge in [-0.2, -0.15) is 0 Å². The Labute approximate surface area is 132 Å². The number of carboxylic acids is 1. The summed E-state index contributed by atoms with van der Waals surface area (Å²) in [5.41, 5.74) is 0.436. The molecular formula is C12H10N2O6S2. The molecule has 0 aromatic carbocycles. The van der Waals surface area contributed by atoms with Crippen molar-refractivity contribution in [2.24, 2.45) is 0 Å². The van der Waals surface area contributed by atoms with E-state index in [1.54, 1.807) is 6.92 Å². The molecule has 0 spiro atoms. The highest BCUT2D eigenvalue weighted by atomic mass is 32.1. The van der Waals surface area contributed by atoms with Crippen LogP contribution in [0, 0.1) is 0 Å². The van der Waals surface area contributed by atoms with Crippen molar-refractivity contribution in [2.45, 2.75) is 6.92 Å². The fourth-order valence-corrected chi connectivity index (χ4v) is 2.32. The number of rotatable bonds is 5. The third-order valence-electron chi connectivity index (χ3n) is 1.92. The maximum absolute atomic E-state index is 11.0. The van der Waals surface area contributed by atoms with Crippen LogP contribution in [0.1, 0.15) is 47.5 Å². The van der Waals surface area contributed by atoms with Crippen LogP contribution in [-0.4, -0.2) is 46.2 Å². The molecule has 116 valence electrons. The van der Waals surface area contributed by atoms with E-state index in [0.717, 1.165) is 22.7 Å². The van der Waals surface area contributed by atoms with Crippen molar-refractivity contribution in [3.8, 4) is 0 Å². The molecular weight excluding hydrogens is 332 g/mol. The van der Waals surface area contributed by atoms with Crippen molar-refractivity contribution in [2.75, 3.05) is 6.61 Å². The Morgan fingerprint density at radius 3 is 2.00 bits per heavy atom. The molecule has 0 fully saturated rings. The zero-order chi connectivity index (χ0) is 16.5. The van der Waals surface area contributed by atoms with Gasteiger partial charge >= 0.3 is 11.9 Å². The van der Waals surface area contributed by atoms with Crippen LogP contribution in [0.25, 0.3) is 0 Å². The molecule has 0 aliphatic carbocycles. The maximum atomic E-state index is 11.0. The molecule has 22 heavy (non-hydrogen) atoms. The first kappa shape index (κ1) is 17.6. The van der Waals surface area contributed by atoms with E-state index in [2.05, 4.69) is 14.7 Å². The first-order valence-electron chi connectivity index (χ1n) is 5.73. The zero-order valence-electron chi connectivity index (χ0n) is 11.2. The molecule has 1 N–H and O–H groups in total. The molecule has 0 saturated carbocycles. The highest BCUT2D eigenvalue weighted by Crippen LogP contribution is 2.09. The summed E-state index contributed by atoms with van der Waals surface area (Å²) >= 11 is 2.05. The Hall–Kier alpha value is -2.46. The molecule has 0 aliphatic rings. The van der Waals surface area contributed by atoms with Gasteiger partial charge in [0.2, 0.25) is 10.0 Å². The van der Waals surface area contributed by atoms with Crippen LogP contribution in [0.3, 0.4) is 0 Å². The number of carboxylic acid groups (broad SMARTS) is 1. The number of carbonyl (C=O) groups excluding carboxylic acids is 3. The average Bonchev–Trinajstić information content (AvgIpc) is 3.17. The summed E-state index contributed by atoms with van der Waals surface area (Å²) in [6.07, 6.45) is 1.11. The minimum absolute atomic E-state index is 0.0536. The van der Waals surface area contributed by atoms with Gasteiger partial charge in [-0.15, -0.1) is 22.7 Å². The van der Waals surface area contributed by atoms with Crippen LogP contribution in [0.2, 0.25) is 0 Å². The Morgan fingerprint density at radius 1 is 1.14 bits per heavy atom. The van der Waals surface area contributed by atoms with E-state index in [0.29, 0.717) is 19.2 Å². The van der Waals surface area contributed by atoms with E-state index >= 15 is 0 Å². The van der Waals surface area contributed by atoms with Gasteiger partial charge in [-0.25, -0.2) is 19.6 Å². The number of aromatic carboxylic acids is 1. The normalized spacial score (nSPS) is 9.32. The summed E-state index contributed by atoms with van der Waals surface area (Å²) < 4.78 is 4.68. The van der Waals surface area contributed by atoms with Crippen molar-refractivity contribution in [3.05, 3.63) is 32.2 Å². The molecule has 2 aromatic heterocycles. The number of esters is 1. The predicted octanol–water partition coefficient (Wildman–Crippen LogP) is 1.79. The number of nitrogens with zero attached hydrogens (tertiary/aromatic N) is 2. The number of aromatic nitrogens is 2. The largest absolute Gasteiger partial charge is 0.476 e. The average molecular weight is 342 g/mol. The number of hydrogen-bond acceptors (Lipinski definition) is 9. The molecule has 2 rings (SSSR count). The van der Waals surface area contributed by atoms with Gasteiger partial charge in [-0.3, -0.25) is 9.59 Å². The van der Waals surface area contributed by atoms with Gasteiger partial charge in [0.05, 0.1) is 6.61 Å². The van der Waals surface area contributed by atoms with Crippen LogP contribution in [0.4, 0.5) is 0 Å². The van der Waals surface area contributed by atoms with Crippen LogP contribution >= 0.6 is 22.7 Å². The Kier molecular flexibility index (Phi) is 6.99. The van der Waals surface area contributed by atoms with Gasteiger partial charge in [0, 0.05) is 10.8 Å². The summed E-state index contributed by atoms with van der Waals surface area (Å²) in [5.74, 6) is -1.58. The van der Waals surface area contributed by atoms with Crippen LogP contribution in [0.15, 0.2) is 10.8 Å². The third kappa shape index (κ3) is 5.14. The molecule has 0 radical (unpaired) electrons. The van der Waals surface area contributed by atoms with Crippen molar-refractivity contribution in [3.63, 3.8) is 0 Å². The number of ether oxygens (including phenoxy) is 1. The zero-order valence-corrected chi connectivity index (χ0v) is 12.8. The first-order valence-corrected chi connectivity index (χ1v) is 7.49. The molecule has 0 aliphatic heterocycles. The lowest BCUT2D eigenvalue weighted by atomic mass is 10.5. The third-order valence-corrected chi connectivity index (χ3v) is 3.61. The lowest BCUT2D eigenvalue weighted by Crippen LogP contribution is -2.03. The lowest BCUT2D eigenvalue weighted by Gasteiger charge is -1.94. The van der Waals surface area contributed by atoms with Gasteiger partial charge in [0.15, 0.2) is 12.6 Å². The summed E-state index contributed by atoms with van der Waals surface area (Å²) in [4.78, 5) is 48.5. The second kappa shape index (κ2) is 8.74. The van der Waals surface area contributed by atoms with E-state index in [1.165, 1.54) is 10.8 Å². The molecule has 0 unspecified atom stereocenters. The summed E-state index contributed by atoms with van der Waals surface area (Å²) in [6.45, 7) is 2.03. The quantitative estimate of drug-likeness (QED) is 0.644. The smallest absolute Gasteiger partial charge is 0.367 e. The number of hydrogen-bond donors (Lipinski definition) is 1. The van der Waals surface area contributed by atoms with E-state index in [-0.39, 0.29) is 21.4 Å². The van der Waals surface area contributed by atoms with Crippen molar-refractivity contribution in [1.82, 2.24) is 9.97 Å². The monoisotopic (exact) mass is 342 g/mol. The van der Waals surface area contributed by atoms with Gasteiger partial charge < -0.3 is 9.84 Å². The van der Waals surface area contributed by atoms with E-state index in [9.17, 15) is 19.2 Å². The number of thiazole rings is 2. The lowest BCUT2D eigenvalue weighted by molar-refractivity contribution is 0.0525. The van der Waals surface area contributed by atoms with Crippen molar-refractivity contribution < 1.29 is 29.0 Å². The number of aldehydes is 2. The fourth-order valence-electron chi connectivity index (χ4n) is 1.07. The standard InChI is InChI=1S/C7H7NO3S.C5H3NO3S/c1-2-11-7(10)6-8-5(3-9)4-12-6;7-1-3-2-10-4(6-3)5(8)9/h3-4H,2H2,1H3;1-2H,(H,8,9). The second-order valence-corrected chi connectivity index (χ2v) is 5.13. The summed E-state index contributed by atoms with van der Waals surface area (Å²) in [5, 5.41) is 11.4. The molecule has 0 amide bonds.